The number of pyridine rings is 1. The zero-order valence-corrected chi connectivity index (χ0v) is 9.38. The van der Waals surface area contributed by atoms with E-state index in [2.05, 4.69) is 28.2 Å². The van der Waals surface area contributed by atoms with Gasteiger partial charge >= 0.3 is 0 Å². The molecule has 1 atom stereocenters. The number of nitrogens with two attached hydrogens (primary N) is 1. The summed E-state index contributed by atoms with van der Waals surface area (Å²) in [6.45, 7) is 0. The highest BCUT2D eigenvalue weighted by molar-refractivity contribution is 6.02. The first-order valence-electron chi connectivity index (χ1n) is 5.68. The third-order valence-corrected chi connectivity index (χ3v) is 2.94. The van der Waals surface area contributed by atoms with Gasteiger partial charge in [0.1, 0.15) is 11.5 Å². The fourth-order valence-electron chi connectivity index (χ4n) is 2.14. The summed E-state index contributed by atoms with van der Waals surface area (Å²) in [5, 5.41) is 0. The summed E-state index contributed by atoms with van der Waals surface area (Å²) >= 11 is 0. The number of allylic oxidation sites excluding steroid dienone is 4. The summed E-state index contributed by atoms with van der Waals surface area (Å²) < 4.78 is 0. The van der Waals surface area contributed by atoms with Gasteiger partial charge in [0.15, 0.2) is 0 Å². The van der Waals surface area contributed by atoms with Crippen LogP contribution < -0.4 is 5.73 Å². The van der Waals surface area contributed by atoms with Crippen LogP contribution in [-0.4, -0.2) is 16.9 Å². The zero-order chi connectivity index (χ0) is 11.7. The molecule has 17 heavy (non-hydrogen) atoms. The minimum absolute atomic E-state index is 0.111. The molecule has 0 saturated heterocycles. The highest BCUT2D eigenvalue weighted by Crippen LogP contribution is 2.25. The number of aromatic nitrogens is 1. The van der Waals surface area contributed by atoms with Crippen LogP contribution >= 0.6 is 0 Å². The number of hydrogen-bond acceptors (Lipinski definition) is 3. The third kappa shape index (κ3) is 1.80. The second kappa shape index (κ2) is 4.01. The lowest BCUT2D eigenvalue weighted by atomic mass is 10.00. The molecule has 1 aliphatic heterocycles. The fourth-order valence-corrected chi connectivity index (χ4v) is 2.14. The van der Waals surface area contributed by atoms with Crippen LogP contribution in [0.3, 0.4) is 0 Å². The molecule has 0 fully saturated rings. The molecule has 0 amide bonds. The minimum atomic E-state index is 0.111. The van der Waals surface area contributed by atoms with Gasteiger partial charge < -0.3 is 5.73 Å². The van der Waals surface area contributed by atoms with E-state index in [9.17, 15) is 0 Å². The molecule has 1 aliphatic carbocycles. The molecule has 1 aromatic rings. The first-order valence-corrected chi connectivity index (χ1v) is 5.68. The Kier molecular flexibility index (Phi) is 2.37. The van der Waals surface area contributed by atoms with Gasteiger partial charge in [0.2, 0.25) is 0 Å². The van der Waals surface area contributed by atoms with Gasteiger partial charge in [-0.25, -0.2) is 0 Å². The Hall–Kier alpha value is -2.16. The lowest BCUT2D eigenvalue weighted by Crippen LogP contribution is -2.18. The van der Waals surface area contributed by atoms with E-state index in [0.29, 0.717) is 5.84 Å². The van der Waals surface area contributed by atoms with Gasteiger partial charge in [-0.05, 0) is 18.1 Å². The number of rotatable bonds is 0. The van der Waals surface area contributed by atoms with Gasteiger partial charge in [0, 0.05) is 11.8 Å². The van der Waals surface area contributed by atoms with Gasteiger partial charge in [0.05, 0.1) is 6.04 Å². The molecule has 2 N–H and O–H groups in total. The van der Waals surface area contributed by atoms with E-state index in [4.69, 9.17) is 5.73 Å². The van der Waals surface area contributed by atoms with Gasteiger partial charge in [-0.15, -0.1) is 0 Å². The van der Waals surface area contributed by atoms with Crippen LogP contribution in [0.25, 0.3) is 5.57 Å². The van der Waals surface area contributed by atoms with Gasteiger partial charge in [-0.3, -0.25) is 9.98 Å². The van der Waals surface area contributed by atoms with Crippen LogP contribution in [0.1, 0.15) is 17.7 Å². The van der Waals surface area contributed by atoms with Crippen molar-refractivity contribution in [3.63, 3.8) is 0 Å². The molecule has 3 nitrogen and oxygen atoms in total. The number of fused-ring (bicyclic) bond motifs is 3. The number of hydrogen-bond donors (Lipinski definition) is 1. The predicted octanol–water partition coefficient (Wildman–Crippen LogP) is 2.07. The predicted molar refractivity (Wildman–Crippen MR) is 69.6 cm³/mol. The van der Waals surface area contributed by atoms with Crippen molar-refractivity contribution in [3.8, 4) is 0 Å². The minimum Gasteiger partial charge on any atom is -0.382 e. The first-order chi connectivity index (χ1) is 8.34. The molecule has 2 bridgehead atoms. The van der Waals surface area contributed by atoms with E-state index in [0.717, 1.165) is 23.3 Å². The van der Waals surface area contributed by atoms with Crippen molar-refractivity contribution < 1.29 is 0 Å². The molecule has 3 rings (SSSR count). The highest BCUT2D eigenvalue weighted by Gasteiger charge is 2.17. The lowest BCUT2D eigenvalue weighted by molar-refractivity contribution is 0.837. The average molecular weight is 223 g/mol. The number of aliphatic imine (C=N–C) groups is 1. The Labute approximate surface area is 100 Å². The van der Waals surface area contributed by atoms with Crippen molar-refractivity contribution in [1.29, 1.82) is 0 Å². The van der Waals surface area contributed by atoms with Crippen molar-refractivity contribution in [1.82, 2.24) is 4.98 Å². The van der Waals surface area contributed by atoms with Crippen LogP contribution in [0.4, 0.5) is 0 Å². The molecule has 3 heteroatoms. The topological polar surface area (TPSA) is 51.3 Å². The molecular weight excluding hydrogens is 210 g/mol. The Morgan fingerprint density at radius 2 is 2.24 bits per heavy atom. The van der Waals surface area contributed by atoms with Crippen LogP contribution in [0.2, 0.25) is 0 Å². The Morgan fingerprint density at radius 1 is 1.29 bits per heavy atom. The molecule has 2 aliphatic rings. The van der Waals surface area contributed by atoms with E-state index >= 15 is 0 Å². The van der Waals surface area contributed by atoms with Crippen molar-refractivity contribution in [2.45, 2.75) is 12.5 Å². The van der Waals surface area contributed by atoms with Crippen molar-refractivity contribution in [2.75, 3.05) is 0 Å². The quantitative estimate of drug-likeness (QED) is 0.732. The second-order valence-electron chi connectivity index (χ2n) is 4.13. The Balaban J connectivity index is 2.23. The molecule has 2 heterocycles. The van der Waals surface area contributed by atoms with Crippen molar-refractivity contribution in [2.24, 2.45) is 10.7 Å². The summed E-state index contributed by atoms with van der Waals surface area (Å²) in [5.41, 5.74) is 9.00. The lowest BCUT2D eigenvalue weighted by Gasteiger charge is -2.07. The Morgan fingerprint density at radius 3 is 3.18 bits per heavy atom. The maximum Gasteiger partial charge on any atom is 0.145 e. The van der Waals surface area contributed by atoms with E-state index in [1.54, 1.807) is 6.20 Å². The molecule has 0 aromatic carbocycles. The Bertz CT molecular complexity index is 565. The maximum atomic E-state index is 6.01. The summed E-state index contributed by atoms with van der Waals surface area (Å²) in [6.07, 6.45) is 13.1. The monoisotopic (exact) mass is 223 g/mol. The van der Waals surface area contributed by atoms with Gasteiger partial charge in [-0.1, -0.05) is 36.4 Å². The van der Waals surface area contributed by atoms with Gasteiger partial charge in [0.25, 0.3) is 0 Å². The average Bonchev–Trinajstić information content (AvgIpc) is 2.46. The SMILES string of the molecule is NC1=NC2C=C(/C=C\C=C/C2)c2cccnc21. The van der Waals surface area contributed by atoms with Crippen LogP contribution in [0.15, 0.2) is 53.7 Å². The molecule has 0 radical (unpaired) electrons. The zero-order valence-electron chi connectivity index (χ0n) is 9.38. The first kappa shape index (κ1) is 10.0. The largest absolute Gasteiger partial charge is 0.382 e. The molecular formula is C14H13N3. The normalized spacial score (nSPS) is 25.5. The van der Waals surface area contributed by atoms with Crippen LogP contribution in [0, 0.1) is 0 Å². The molecule has 1 unspecified atom stereocenters. The maximum absolute atomic E-state index is 6.01. The molecule has 84 valence electrons. The number of nitrogens with zero attached hydrogens (tertiary/aromatic N) is 2. The standard InChI is InChI=1S/C14H13N3/c15-14-13-12(7-4-8-16-13)10-5-2-1-3-6-11(9-10)17-14/h1-5,7-9,11H,6H2,(H2,15,17)/b3-1-,5-2-. The molecule has 1 aromatic heterocycles. The molecule has 0 saturated carbocycles. The summed E-state index contributed by atoms with van der Waals surface area (Å²) in [5.74, 6) is 0.528. The highest BCUT2D eigenvalue weighted by atomic mass is 14.9. The summed E-state index contributed by atoms with van der Waals surface area (Å²) in [7, 11) is 0. The van der Waals surface area contributed by atoms with Gasteiger partial charge in [-0.2, -0.15) is 0 Å². The van der Waals surface area contributed by atoms with Crippen LogP contribution in [-0.2, 0) is 0 Å². The summed E-state index contributed by atoms with van der Waals surface area (Å²) in [6, 6.07) is 4.07. The van der Waals surface area contributed by atoms with E-state index in [1.165, 1.54) is 0 Å². The smallest absolute Gasteiger partial charge is 0.145 e. The summed E-state index contributed by atoms with van der Waals surface area (Å²) in [4.78, 5) is 8.84. The number of amidine groups is 1. The van der Waals surface area contributed by atoms with Crippen molar-refractivity contribution in [3.05, 3.63) is 60.0 Å². The van der Waals surface area contributed by atoms with E-state index in [1.807, 2.05) is 24.3 Å². The van der Waals surface area contributed by atoms with Crippen molar-refractivity contribution >= 4 is 11.4 Å². The second-order valence-corrected chi connectivity index (χ2v) is 4.13. The van der Waals surface area contributed by atoms with Crippen LogP contribution in [0.5, 0.6) is 0 Å². The van der Waals surface area contributed by atoms with E-state index in [-0.39, 0.29) is 6.04 Å². The molecule has 0 spiro atoms. The third-order valence-electron chi connectivity index (χ3n) is 2.94. The fraction of sp³-hybridized carbons (Fsp3) is 0.143. The van der Waals surface area contributed by atoms with E-state index < -0.39 is 0 Å².